The number of ketones is 1. The summed E-state index contributed by atoms with van der Waals surface area (Å²) in [6, 6.07) is 11.8. The maximum absolute atomic E-state index is 14.4. The number of aromatic nitrogens is 1. The number of amides is 1. The zero-order valence-corrected chi connectivity index (χ0v) is 23.5. The summed E-state index contributed by atoms with van der Waals surface area (Å²) >= 11 is 0. The van der Waals surface area contributed by atoms with Crippen molar-refractivity contribution in [2.75, 3.05) is 39.8 Å². The van der Waals surface area contributed by atoms with Crippen molar-refractivity contribution in [3.63, 3.8) is 0 Å². The Balaban J connectivity index is 1.33. The Bertz CT molecular complexity index is 1430. The summed E-state index contributed by atoms with van der Waals surface area (Å²) < 4.78 is 26.8. The van der Waals surface area contributed by atoms with Gasteiger partial charge in [-0.05, 0) is 69.5 Å². The zero-order chi connectivity index (χ0) is 28.6. The maximum atomic E-state index is 14.4. The Morgan fingerprint density at radius 3 is 2.38 bits per heavy atom. The second kappa shape index (κ2) is 11.0. The van der Waals surface area contributed by atoms with Crippen molar-refractivity contribution in [2.45, 2.75) is 45.8 Å². The molecule has 5 rings (SSSR count). The van der Waals surface area contributed by atoms with Crippen LogP contribution in [0.1, 0.15) is 59.2 Å². The van der Waals surface area contributed by atoms with Crippen molar-refractivity contribution in [1.29, 1.82) is 0 Å². The number of fused-ring (bicyclic) bond motifs is 3. The van der Waals surface area contributed by atoms with Crippen LogP contribution in [-0.4, -0.2) is 77.6 Å². The van der Waals surface area contributed by atoms with Gasteiger partial charge in [0.15, 0.2) is 5.78 Å². The lowest BCUT2D eigenvalue weighted by Crippen LogP contribution is -2.51. The highest BCUT2D eigenvalue weighted by Crippen LogP contribution is 2.36. The highest BCUT2D eigenvalue weighted by atomic mass is 19.1. The summed E-state index contributed by atoms with van der Waals surface area (Å²) in [5.41, 5.74) is 3.26. The Morgan fingerprint density at radius 2 is 1.73 bits per heavy atom. The number of rotatable bonds is 5. The third kappa shape index (κ3) is 5.75. The molecule has 0 bridgehead atoms. The Labute approximate surface area is 233 Å². The van der Waals surface area contributed by atoms with Gasteiger partial charge in [0, 0.05) is 67.3 Å². The van der Waals surface area contributed by atoms with Crippen LogP contribution >= 0.6 is 0 Å². The Kier molecular flexibility index (Phi) is 7.68. The van der Waals surface area contributed by atoms with Gasteiger partial charge in [-0.3, -0.25) is 9.69 Å². The number of benzene rings is 2. The minimum Gasteiger partial charge on any atom is -0.465 e. The van der Waals surface area contributed by atoms with Crippen LogP contribution in [0, 0.1) is 11.7 Å². The van der Waals surface area contributed by atoms with E-state index in [0.29, 0.717) is 68.6 Å². The van der Waals surface area contributed by atoms with E-state index in [2.05, 4.69) is 9.47 Å². The van der Waals surface area contributed by atoms with Crippen LogP contribution in [-0.2, 0) is 22.4 Å². The highest BCUT2D eigenvalue weighted by Gasteiger charge is 2.35. The van der Waals surface area contributed by atoms with Gasteiger partial charge in [-0.25, -0.2) is 14.0 Å². The molecule has 212 valence electrons. The van der Waals surface area contributed by atoms with Crippen molar-refractivity contribution >= 4 is 28.7 Å². The fourth-order valence-corrected chi connectivity index (χ4v) is 5.71. The highest BCUT2D eigenvalue weighted by molar-refractivity contribution is 6.11. The third-order valence-electron chi connectivity index (χ3n) is 7.70. The molecule has 0 saturated carbocycles. The Morgan fingerprint density at radius 1 is 1.02 bits per heavy atom. The number of carbonyl (C=O) groups excluding carboxylic acids is 3. The number of ether oxygens (including phenoxy) is 2. The number of halogens is 1. The van der Waals surface area contributed by atoms with Crippen LogP contribution in [0.3, 0.4) is 0 Å². The molecule has 0 radical (unpaired) electrons. The van der Waals surface area contributed by atoms with Gasteiger partial charge in [0.2, 0.25) is 0 Å². The summed E-state index contributed by atoms with van der Waals surface area (Å²) in [7, 11) is 1.35. The van der Waals surface area contributed by atoms with Gasteiger partial charge in [-0.15, -0.1) is 0 Å². The lowest BCUT2D eigenvalue weighted by atomic mass is 9.84. The zero-order valence-electron chi connectivity index (χ0n) is 23.5. The largest absolute Gasteiger partial charge is 0.465 e. The molecular weight excluding hydrogens is 513 g/mol. The second-order valence-corrected chi connectivity index (χ2v) is 11.6. The summed E-state index contributed by atoms with van der Waals surface area (Å²) in [5.74, 6) is -0.912. The maximum Gasteiger partial charge on any atom is 0.410 e. The van der Waals surface area contributed by atoms with Crippen LogP contribution in [0.2, 0.25) is 0 Å². The standard InChI is InChI=1S/C31H36FN3O5/c1-31(2,3)40-30(38)34-15-13-33(14-16-34)19-22-9-11-26-27(28(22)36)24-17-23(32)10-12-25(24)35(26)18-20-5-7-21(8-6-20)29(37)39-4/h5-8,10,12,17,22H,9,11,13-16,18-19H2,1-4H3. The van der Waals surface area contributed by atoms with E-state index >= 15 is 0 Å². The van der Waals surface area contributed by atoms with Gasteiger partial charge in [0.1, 0.15) is 11.4 Å². The fourth-order valence-electron chi connectivity index (χ4n) is 5.71. The molecule has 40 heavy (non-hydrogen) atoms. The first-order chi connectivity index (χ1) is 19.0. The molecule has 9 heteroatoms. The molecule has 1 atom stereocenters. The van der Waals surface area contributed by atoms with E-state index < -0.39 is 11.6 Å². The van der Waals surface area contributed by atoms with Gasteiger partial charge >= 0.3 is 12.1 Å². The molecule has 2 heterocycles. The molecule has 2 aliphatic rings. The van der Waals surface area contributed by atoms with E-state index in [1.165, 1.54) is 19.2 Å². The molecule has 0 N–H and O–H groups in total. The monoisotopic (exact) mass is 549 g/mol. The number of piperazine rings is 1. The molecule has 3 aromatic rings. The van der Waals surface area contributed by atoms with Crippen molar-refractivity contribution in [3.05, 3.63) is 70.7 Å². The number of methoxy groups -OCH3 is 1. The average molecular weight is 550 g/mol. The fraction of sp³-hybridized carbons (Fsp3) is 0.452. The summed E-state index contributed by atoms with van der Waals surface area (Å²) in [6.45, 7) is 9.14. The van der Waals surface area contributed by atoms with Crippen LogP contribution in [0.25, 0.3) is 10.9 Å². The summed E-state index contributed by atoms with van der Waals surface area (Å²) in [5, 5.41) is 0.644. The summed E-state index contributed by atoms with van der Waals surface area (Å²) in [6.07, 6.45) is 1.11. The van der Waals surface area contributed by atoms with Gasteiger partial charge in [-0.2, -0.15) is 0 Å². The van der Waals surface area contributed by atoms with E-state index in [0.717, 1.165) is 16.8 Å². The molecule has 8 nitrogen and oxygen atoms in total. The SMILES string of the molecule is COC(=O)c1ccc(Cn2c3c(c4cc(F)ccc42)C(=O)C(CN2CCN(C(=O)OC(C)(C)C)CC2)CC3)cc1. The number of hydrogen-bond donors (Lipinski definition) is 0. The van der Waals surface area contributed by atoms with Gasteiger partial charge in [-0.1, -0.05) is 12.1 Å². The van der Waals surface area contributed by atoms with E-state index in [1.807, 2.05) is 32.9 Å². The predicted molar refractivity (Wildman–Crippen MR) is 149 cm³/mol. The van der Waals surface area contributed by atoms with E-state index in [1.54, 1.807) is 23.1 Å². The first kappa shape index (κ1) is 27.8. The van der Waals surface area contributed by atoms with Crippen molar-refractivity contribution in [3.8, 4) is 0 Å². The number of carbonyl (C=O) groups is 3. The predicted octanol–water partition coefficient (Wildman–Crippen LogP) is 4.91. The molecule has 2 aromatic carbocycles. The normalized spacial score (nSPS) is 18.1. The molecule has 1 aromatic heterocycles. The molecule has 1 unspecified atom stereocenters. The van der Waals surface area contributed by atoms with Crippen molar-refractivity contribution in [2.24, 2.45) is 5.92 Å². The smallest absolute Gasteiger partial charge is 0.410 e. The molecule has 0 spiro atoms. The van der Waals surface area contributed by atoms with Gasteiger partial charge < -0.3 is 18.9 Å². The van der Waals surface area contributed by atoms with Crippen LogP contribution in [0.4, 0.5) is 9.18 Å². The number of Topliss-reactive ketones (excluding diaryl/α,β-unsaturated/α-hetero) is 1. The van der Waals surface area contributed by atoms with Crippen LogP contribution in [0.5, 0.6) is 0 Å². The molecule has 1 saturated heterocycles. The van der Waals surface area contributed by atoms with Crippen LogP contribution < -0.4 is 0 Å². The number of nitrogens with zero attached hydrogens (tertiary/aromatic N) is 3. The second-order valence-electron chi connectivity index (χ2n) is 11.6. The number of hydrogen-bond acceptors (Lipinski definition) is 6. The van der Waals surface area contributed by atoms with Crippen molar-refractivity contribution in [1.82, 2.24) is 14.4 Å². The van der Waals surface area contributed by atoms with Crippen LogP contribution in [0.15, 0.2) is 42.5 Å². The topological polar surface area (TPSA) is 81.1 Å². The molecular formula is C31H36FN3O5. The quantitative estimate of drug-likeness (QED) is 0.421. The van der Waals surface area contributed by atoms with Gasteiger partial charge in [0.05, 0.1) is 12.7 Å². The molecule has 1 aliphatic carbocycles. The van der Waals surface area contributed by atoms with E-state index in [-0.39, 0.29) is 23.6 Å². The minimum atomic E-state index is -0.536. The Hall–Kier alpha value is -3.72. The first-order valence-corrected chi connectivity index (χ1v) is 13.8. The lowest BCUT2D eigenvalue weighted by Gasteiger charge is -2.37. The average Bonchev–Trinajstić information content (AvgIpc) is 3.22. The van der Waals surface area contributed by atoms with Crippen molar-refractivity contribution < 1.29 is 28.2 Å². The minimum absolute atomic E-state index is 0.0474. The molecule has 1 amide bonds. The molecule has 1 aliphatic heterocycles. The van der Waals surface area contributed by atoms with E-state index in [4.69, 9.17) is 9.47 Å². The third-order valence-corrected chi connectivity index (χ3v) is 7.70. The number of esters is 1. The van der Waals surface area contributed by atoms with Gasteiger partial charge in [0.25, 0.3) is 0 Å². The first-order valence-electron chi connectivity index (χ1n) is 13.8. The summed E-state index contributed by atoms with van der Waals surface area (Å²) in [4.78, 5) is 42.1. The molecule has 1 fully saturated rings. The lowest BCUT2D eigenvalue weighted by molar-refractivity contribution is 0.0130. The van der Waals surface area contributed by atoms with E-state index in [9.17, 15) is 18.8 Å².